The molecule has 30 heavy (non-hydrogen) atoms. The van der Waals surface area contributed by atoms with Crippen molar-refractivity contribution in [3.05, 3.63) is 80.4 Å². The standard InChI is InChI=1S/C22H14Br2N2O3S/c1-12-2-8-16(18(24)10-12)19-9-7-15(29-19)11-17-20(27)25-22(30)26(21(17)28)14-5-3-13(23)4-6-14/h2-11H,1H3,(H,25,27,30)/b17-11-. The van der Waals surface area contributed by atoms with Crippen molar-refractivity contribution >= 4 is 72.8 Å². The smallest absolute Gasteiger partial charge is 0.270 e. The van der Waals surface area contributed by atoms with Crippen LogP contribution in [0.15, 0.2) is 73.5 Å². The van der Waals surface area contributed by atoms with Gasteiger partial charge in [-0.15, -0.1) is 0 Å². The average molecular weight is 546 g/mol. The second-order valence-corrected chi connectivity index (χ2v) is 8.78. The third-order valence-electron chi connectivity index (χ3n) is 4.49. The second kappa shape index (κ2) is 8.29. The van der Waals surface area contributed by atoms with Gasteiger partial charge in [-0.1, -0.05) is 37.9 Å². The van der Waals surface area contributed by atoms with E-state index in [0.717, 1.165) is 20.1 Å². The number of hydrogen-bond acceptors (Lipinski definition) is 4. The van der Waals surface area contributed by atoms with Crippen molar-refractivity contribution in [1.82, 2.24) is 5.32 Å². The highest BCUT2D eigenvalue weighted by Crippen LogP contribution is 2.31. The lowest BCUT2D eigenvalue weighted by Gasteiger charge is -2.28. The Morgan fingerprint density at radius 1 is 1.03 bits per heavy atom. The summed E-state index contributed by atoms with van der Waals surface area (Å²) in [5.41, 5.74) is 2.49. The topological polar surface area (TPSA) is 62.6 Å². The maximum absolute atomic E-state index is 13.1. The van der Waals surface area contributed by atoms with Gasteiger partial charge in [0.15, 0.2) is 5.11 Å². The number of thiocarbonyl (C=S) groups is 1. The van der Waals surface area contributed by atoms with E-state index in [9.17, 15) is 9.59 Å². The molecule has 1 aliphatic heterocycles. The molecule has 0 bridgehead atoms. The van der Waals surface area contributed by atoms with Crippen LogP contribution in [0, 0.1) is 6.92 Å². The fourth-order valence-corrected chi connectivity index (χ4v) is 4.25. The van der Waals surface area contributed by atoms with Gasteiger partial charge in [0, 0.05) is 14.5 Å². The highest BCUT2D eigenvalue weighted by Gasteiger charge is 2.34. The van der Waals surface area contributed by atoms with Crippen molar-refractivity contribution in [2.75, 3.05) is 4.90 Å². The van der Waals surface area contributed by atoms with Crippen LogP contribution in [0.1, 0.15) is 11.3 Å². The van der Waals surface area contributed by atoms with E-state index in [1.165, 1.54) is 11.0 Å². The first-order valence-corrected chi connectivity index (χ1v) is 10.9. The number of nitrogens with one attached hydrogen (secondary N) is 1. The molecule has 150 valence electrons. The summed E-state index contributed by atoms with van der Waals surface area (Å²) in [6.45, 7) is 2.00. The molecule has 0 atom stereocenters. The minimum absolute atomic E-state index is 0.0354. The van der Waals surface area contributed by atoms with Crippen molar-refractivity contribution in [2.45, 2.75) is 6.92 Å². The number of hydrogen-bond donors (Lipinski definition) is 1. The minimum Gasteiger partial charge on any atom is -0.457 e. The zero-order valence-electron chi connectivity index (χ0n) is 15.6. The number of carbonyl (C=O) groups excluding carboxylic acids is 2. The van der Waals surface area contributed by atoms with Crippen LogP contribution in [0.5, 0.6) is 0 Å². The first kappa shape index (κ1) is 20.7. The van der Waals surface area contributed by atoms with E-state index in [1.807, 2.05) is 25.1 Å². The van der Waals surface area contributed by atoms with Crippen LogP contribution in [0.3, 0.4) is 0 Å². The number of carbonyl (C=O) groups is 2. The fraction of sp³-hybridized carbons (Fsp3) is 0.0455. The molecule has 4 rings (SSSR count). The molecule has 3 aromatic rings. The van der Waals surface area contributed by atoms with E-state index in [1.54, 1.807) is 36.4 Å². The van der Waals surface area contributed by atoms with Crippen molar-refractivity contribution in [2.24, 2.45) is 0 Å². The summed E-state index contributed by atoms with van der Waals surface area (Å²) >= 11 is 12.1. The third-order valence-corrected chi connectivity index (χ3v) is 5.96. The van der Waals surface area contributed by atoms with Gasteiger partial charge in [0.1, 0.15) is 17.1 Å². The van der Waals surface area contributed by atoms with E-state index in [4.69, 9.17) is 16.6 Å². The van der Waals surface area contributed by atoms with Crippen molar-refractivity contribution in [3.63, 3.8) is 0 Å². The lowest BCUT2D eigenvalue weighted by Crippen LogP contribution is -2.54. The summed E-state index contributed by atoms with van der Waals surface area (Å²) in [5.74, 6) is -0.0643. The van der Waals surface area contributed by atoms with Gasteiger partial charge in [0.2, 0.25) is 0 Å². The fourth-order valence-electron chi connectivity index (χ4n) is 3.02. The zero-order chi connectivity index (χ0) is 21.4. The molecule has 2 aromatic carbocycles. The Morgan fingerprint density at radius 3 is 2.47 bits per heavy atom. The van der Waals surface area contributed by atoms with E-state index >= 15 is 0 Å². The highest BCUT2D eigenvalue weighted by molar-refractivity contribution is 9.10. The number of nitrogens with zero attached hydrogens (tertiary/aromatic N) is 1. The molecule has 1 aliphatic rings. The molecule has 0 spiro atoms. The van der Waals surface area contributed by atoms with E-state index in [2.05, 4.69) is 37.2 Å². The molecular formula is C22H14Br2N2O3S. The lowest BCUT2D eigenvalue weighted by molar-refractivity contribution is -0.122. The molecule has 1 saturated heterocycles. The second-order valence-electron chi connectivity index (χ2n) is 6.62. The van der Waals surface area contributed by atoms with Crippen LogP contribution in [0.4, 0.5) is 5.69 Å². The van der Waals surface area contributed by atoms with Crippen LogP contribution >= 0.6 is 44.1 Å². The van der Waals surface area contributed by atoms with Gasteiger partial charge < -0.3 is 4.42 Å². The van der Waals surface area contributed by atoms with Crippen LogP contribution < -0.4 is 10.2 Å². The van der Waals surface area contributed by atoms with Crippen LogP contribution in [-0.2, 0) is 9.59 Å². The summed E-state index contributed by atoms with van der Waals surface area (Å²) in [4.78, 5) is 26.8. The summed E-state index contributed by atoms with van der Waals surface area (Å²) in [6.07, 6.45) is 1.43. The van der Waals surface area contributed by atoms with Gasteiger partial charge in [0.25, 0.3) is 11.8 Å². The van der Waals surface area contributed by atoms with E-state index in [0.29, 0.717) is 17.2 Å². The van der Waals surface area contributed by atoms with Crippen molar-refractivity contribution < 1.29 is 14.0 Å². The predicted molar refractivity (Wildman–Crippen MR) is 127 cm³/mol. The predicted octanol–water partition coefficient (Wildman–Crippen LogP) is 5.61. The number of amides is 2. The summed E-state index contributed by atoms with van der Waals surface area (Å²) < 4.78 is 7.64. The number of anilines is 1. The first-order chi connectivity index (χ1) is 14.3. The van der Waals surface area contributed by atoms with Gasteiger partial charge in [-0.2, -0.15) is 0 Å². The highest BCUT2D eigenvalue weighted by atomic mass is 79.9. The van der Waals surface area contributed by atoms with Gasteiger partial charge in [-0.05, 0) is 79.3 Å². The van der Waals surface area contributed by atoms with Crippen LogP contribution in [-0.4, -0.2) is 16.9 Å². The molecule has 0 unspecified atom stereocenters. The Bertz CT molecular complexity index is 1220. The number of halogens is 2. The first-order valence-electron chi connectivity index (χ1n) is 8.87. The molecule has 1 aromatic heterocycles. The van der Waals surface area contributed by atoms with E-state index in [-0.39, 0.29) is 10.7 Å². The molecule has 2 amide bonds. The van der Waals surface area contributed by atoms with E-state index < -0.39 is 11.8 Å². The molecule has 5 nitrogen and oxygen atoms in total. The monoisotopic (exact) mass is 544 g/mol. The third kappa shape index (κ3) is 4.03. The number of aryl methyl sites for hydroxylation is 1. The van der Waals surface area contributed by atoms with Gasteiger partial charge in [-0.3, -0.25) is 19.8 Å². The summed E-state index contributed by atoms with van der Waals surface area (Å²) in [6, 6.07) is 16.5. The average Bonchev–Trinajstić information content (AvgIpc) is 3.15. The van der Waals surface area contributed by atoms with Gasteiger partial charge >= 0.3 is 0 Å². The summed E-state index contributed by atoms with van der Waals surface area (Å²) in [5, 5.41) is 2.60. The van der Waals surface area contributed by atoms with Crippen LogP contribution in [0.25, 0.3) is 17.4 Å². The molecule has 1 N–H and O–H groups in total. The quantitative estimate of drug-likeness (QED) is 0.264. The van der Waals surface area contributed by atoms with Gasteiger partial charge in [0.05, 0.1) is 5.69 Å². The maximum atomic E-state index is 13.1. The van der Waals surface area contributed by atoms with Crippen LogP contribution in [0.2, 0.25) is 0 Å². The number of benzene rings is 2. The largest absolute Gasteiger partial charge is 0.457 e. The lowest BCUT2D eigenvalue weighted by atomic mass is 10.1. The molecule has 8 heteroatoms. The maximum Gasteiger partial charge on any atom is 0.270 e. The SMILES string of the molecule is Cc1ccc(-c2ccc(/C=C3/C(=O)NC(=S)N(c4ccc(Br)cc4)C3=O)o2)c(Br)c1. The normalized spacial score (nSPS) is 15.6. The Balaban J connectivity index is 1.68. The molecular weight excluding hydrogens is 532 g/mol. The number of furan rings is 1. The Hall–Kier alpha value is -2.55. The van der Waals surface area contributed by atoms with Crippen molar-refractivity contribution in [1.29, 1.82) is 0 Å². The zero-order valence-corrected chi connectivity index (χ0v) is 19.6. The molecule has 1 fully saturated rings. The van der Waals surface area contributed by atoms with Crippen molar-refractivity contribution in [3.8, 4) is 11.3 Å². The Labute approximate surface area is 195 Å². The summed E-state index contributed by atoms with van der Waals surface area (Å²) in [7, 11) is 0. The molecule has 0 radical (unpaired) electrons. The number of rotatable bonds is 3. The molecule has 0 aliphatic carbocycles. The van der Waals surface area contributed by atoms with Gasteiger partial charge in [-0.25, -0.2) is 0 Å². The Kier molecular flexibility index (Phi) is 5.73. The molecule has 2 heterocycles. The minimum atomic E-state index is -0.562. The Morgan fingerprint density at radius 2 is 1.77 bits per heavy atom. The molecule has 0 saturated carbocycles.